The maximum atomic E-state index is 12.2. The number of nitro benzene ring substituents is 1. The average molecular weight is 286 g/mol. The normalized spacial score (nSPS) is 11.7. The molecule has 0 saturated carbocycles. The quantitative estimate of drug-likeness (QED) is 0.676. The van der Waals surface area contributed by atoms with Gasteiger partial charge in [-0.05, 0) is 17.7 Å². The molecular weight excluding hydrogens is 272 g/mol. The lowest BCUT2D eigenvalue weighted by Gasteiger charge is -2.15. The van der Waals surface area contributed by atoms with E-state index in [1.807, 2.05) is 18.2 Å². The van der Waals surface area contributed by atoms with Gasteiger partial charge in [-0.2, -0.15) is 0 Å². The van der Waals surface area contributed by atoms with E-state index in [2.05, 4.69) is 5.32 Å². The Bertz CT molecular complexity index is 626. The Morgan fingerprint density at radius 3 is 2.29 bits per heavy atom. The largest absolute Gasteiger partial charge is 0.367 e. The number of amides is 1. The van der Waals surface area contributed by atoms with Crippen molar-refractivity contribution in [2.24, 2.45) is 0 Å². The first-order chi connectivity index (χ1) is 10.1. The van der Waals surface area contributed by atoms with Crippen molar-refractivity contribution < 1.29 is 14.5 Å². The van der Waals surface area contributed by atoms with E-state index in [9.17, 15) is 14.9 Å². The number of non-ortho nitro benzene ring substituents is 1. The fourth-order valence-corrected chi connectivity index (χ4v) is 1.90. The highest BCUT2D eigenvalue weighted by Gasteiger charge is 2.20. The topological polar surface area (TPSA) is 81.5 Å². The molecule has 1 atom stereocenters. The molecule has 0 aliphatic rings. The SMILES string of the molecule is CO[C@@H](C(=O)Nc1ccc([N+](=O)[O-])cc1)c1ccccc1. The van der Waals surface area contributed by atoms with Crippen molar-refractivity contribution in [2.45, 2.75) is 6.10 Å². The van der Waals surface area contributed by atoms with Gasteiger partial charge in [0.25, 0.3) is 11.6 Å². The summed E-state index contributed by atoms with van der Waals surface area (Å²) in [5.74, 6) is -0.336. The zero-order valence-electron chi connectivity index (χ0n) is 11.4. The number of carbonyl (C=O) groups is 1. The molecule has 0 heterocycles. The van der Waals surface area contributed by atoms with Gasteiger partial charge >= 0.3 is 0 Å². The van der Waals surface area contributed by atoms with Gasteiger partial charge < -0.3 is 10.1 Å². The Kier molecular flexibility index (Phi) is 4.63. The number of hydrogen-bond donors (Lipinski definition) is 1. The summed E-state index contributed by atoms with van der Waals surface area (Å²) in [5, 5.41) is 13.2. The molecule has 6 heteroatoms. The Labute approximate surface area is 121 Å². The van der Waals surface area contributed by atoms with E-state index in [1.54, 1.807) is 12.1 Å². The fraction of sp³-hybridized carbons (Fsp3) is 0.133. The van der Waals surface area contributed by atoms with Crippen LogP contribution in [0.1, 0.15) is 11.7 Å². The van der Waals surface area contributed by atoms with Crippen molar-refractivity contribution in [1.82, 2.24) is 0 Å². The number of rotatable bonds is 5. The van der Waals surface area contributed by atoms with E-state index >= 15 is 0 Å². The molecule has 0 fully saturated rings. The zero-order valence-corrected chi connectivity index (χ0v) is 11.4. The average Bonchev–Trinajstić information content (AvgIpc) is 2.49. The van der Waals surface area contributed by atoms with Gasteiger partial charge in [0.15, 0.2) is 6.10 Å². The summed E-state index contributed by atoms with van der Waals surface area (Å²) >= 11 is 0. The number of carbonyl (C=O) groups excluding carboxylic acids is 1. The van der Waals surface area contributed by atoms with E-state index < -0.39 is 11.0 Å². The van der Waals surface area contributed by atoms with Gasteiger partial charge in [-0.15, -0.1) is 0 Å². The number of anilines is 1. The van der Waals surface area contributed by atoms with E-state index in [1.165, 1.54) is 31.4 Å². The van der Waals surface area contributed by atoms with Crippen LogP contribution >= 0.6 is 0 Å². The van der Waals surface area contributed by atoms with Crippen LogP contribution in [0.15, 0.2) is 54.6 Å². The molecule has 1 N–H and O–H groups in total. The highest BCUT2D eigenvalue weighted by molar-refractivity contribution is 5.94. The van der Waals surface area contributed by atoms with E-state index in [-0.39, 0.29) is 11.6 Å². The summed E-state index contributed by atoms with van der Waals surface area (Å²) in [6.07, 6.45) is -0.735. The van der Waals surface area contributed by atoms with Crippen LogP contribution in [0.25, 0.3) is 0 Å². The summed E-state index contributed by atoms with van der Waals surface area (Å²) in [5.41, 5.74) is 1.18. The molecule has 2 aromatic carbocycles. The summed E-state index contributed by atoms with van der Waals surface area (Å²) in [7, 11) is 1.45. The van der Waals surface area contributed by atoms with Gasteiger partial charge in [-0.25, -0.2) is 0 Å². The predicted octanol–water partition coefficient (Wildman–Crippen LogP) is 2.92. The van der Waals surface area contributed by atoms with E-state index in [0.717, 1.165) is 5.56 Å². The van der Waals surface area contributed by atoms with E-state index in [4.69, 9.17) is 4.74 Å². The molecule has 2 aromatic rings. The Morgan fingerprint density at radius 2 is 1.76 bits per heavy atom. The number of benzene rings is 2. The minimum atomic E-state index is -0.735. The van der Waals surface area contributed by atoms with Crippen LogP contribution < -0.4 is 5.32 Å². The number of ether oxygens (including phenoxy) is 1. The van der Waals surface area contributed by atoms with Crippen molar-refractivity contribution in [3.05, 3.63) is 70.3 Å². The molecule has 0 radical (unpaired) electrons. The first-order valence-electron chi connectivity index (χ1n) is 6.25. The Balaban J connectivity index is 2.11. The first kappa shape index (κ1) is 14.7. The third-order valence-corrected chi connectivity index (χ3v) is 2.92. The summed E-state index contributed by atoms with van der Waals surface area (Å²) < 4.78 is 5.21. The van der Waals surface area contributed by atoms with Crippen LogP contribution in [0.5, 0.6) is 0 Å². The minimum Gasteiger partial charge on any atom is -0.367 e. The lowest BCUT2D eigenvalue weighted by atomic mass is 10.1. The first-order valence-corrected chi connectivity index (χ1v) is 6.25. The smallest absolute Gasteiger partial charge is 0.269 e. The number of nitro groups is 1. The third-order valence-electron chi connectivity index (χ3n) is 2.92. The number of nitrogens with zero attached hydrogens (tertiary/aromatic N) is 1. The van der Waals surface area contributed by atoms with Gasteiger partial charge in [0, 0.05) is 24.9 Å². The molecule has 1 amide bonds. The molecule has 0 aliphatic heterocycles. The van der Waals surface area contributed by atoms with Crippen LogP contribution in [0, 0.1) is 10.1 Å². The highest BCUT2D eigenvalue weighted by Crippen LogP contribution is 2.20. The number of methoxy groups -OCH3 is 1. The lowest BCUT2D eigenvalue weighted by Crippen LogP contribution is -2.22. The molecule has 0 saturated heterocycles. The minimum absolute atomic E-state index is 0.0284. The summed E-state index contributed by atoms with van der Waals surface area (Å²) in [6.45, 7) is 0. The molecular formula is C15H14N2O4. The van der Waals surface area contributed by atoms with Crippen molar-refractivity contribution in [2.75, 3.05) is 12.4 Å². The monoisotopic (exact) mass is 286 g/mol. The van der Waals surface area contributed by atoms with Crippen LogP contribution in [-0.4, -0.2) is 17.9 Å². The van der Waals surface area contributed by atoms with Crippen LogP contribution in [-0.2, 0) is 9.53 Å². The Hall–Kier alpha value is -2.73. The maximum absolute atomic E-state index is 12.2. The van der Waals surface area contributed by atoms with Crippen LogP contribution in [0.2, 0.25) is 0 Å². The standard InChI is InChI=1S/C15H14N2O4/c1-21-14(11-5-3-2-4-6-11)15(18)16-12-7-9-13(10-8-12)17(19)20/h2-10,14H,1H3,(H,16,18)/t14-/m1/s1. The van der Waals surface area contributed by atoms with Crippen molar-refractivity contribution >= 4 is 17.3 Å². The second-order valence-corrected chi connectivity index (χ2v) is 4.32. The molecule has 0 unspecified atom stereocenters. The third kappa shape index (κ3) is 3.64. The van der Waals surface area contributed by atoms with Crippen LogP contribution in [0.3, 0.4) is 0 Å². The summed E-state index contributed by atoms with van der Waals surface area (Å²) in [4.78, 5) is 22.3. The zero-order chi connectivity index (χ0) is 15.2. The maximum Gasteiger partial charge on any atom is 0.269 e. The molecule has 108 valence electrons. The molecule has 0 spiro atoms. The molecule has 21 heavy (non-hydrogen) atoms. The highest BCUT2D eigenvalue weighted by atomic mass is 16.6. The van der Waals surface area contributed by atoms with Gasteiger partial charge in [0.05, 0.1) is 4.92 Å². The van der Waals surface area contributed by atoms with Gasteiger partial charge in [-0.1, -0.05) is 30.3 Å². The Morgan fingerprint density at radius 1 is 1.14 bits per heavy atom. The molecule has 6 nitrogen and oxygen atoms in total. The number of nitrogens with one attached hydrogen (secondary N) is 1. The number of hydrogen-bond acceptors (Lipinski definition) is 4. The molecule has 0 aromatic heterocycles. The van der Waals surface area contributed by atoms with Crippen molar-refractivity contribution in [3.8, 4) is 0 Å². The fourth-order valence-electron chi connectivity index (χ4n) is 1.90. The van der Waals surface area contributed by atoms with Gasteiger partial charge in [-0.3, -0.25) is 14.9 Å². The lowest BCUT2D eigenvalue weighted by molar-refractivity contribution is -0.384. The second-order valence-electron chi connectivity index (χ2n) is 4.32. The van der Waals surface area contributed by atoms with E-state index in [0.29, 0.717) is 5.69 Å². The second kappa shape index (κ2) is 6.62. The predicted molar refractivity (Wildman–Crippen MR) is 77.9 cm³/mol. The van der Waals surface area contributed by atoms with Gasteiger partial charge in [0.2, 0.25) is 0 Å². The molecule has 0 bridgehead atoms. The molecule has 2 rings (SSSR count). The van der Waals surface area contributed by atoms with Gasteiger partial charge in [0.1, 0.15) is 0 Å². The molecule has 0 aliphatic carbocycles. The summed E-state index contributed by atoms with van der Waals surface area (Å²) in [6, 6.07) is 14.7. The van der Waals surface area contributed by atoms with Crippen molar-refractivity contribution in [1.29, 1.82) is 0 Å². The van der Waals surface area contributed by atoms with Crippen molar-refractivity contribution in [3.63, 3.8) is 0 Å². The van der Waals surface area contributed by atoms with Crippen LogP contribution in [0.4, 0.5) is 11.4 Å².